The molecule has 0 radical (unpaired) electrons. The van der Waals surface area contributed by atoms with Gasteiger partial charge in [0.2, 0.25) is 11.7 Å². The van der Waals surface area contributed by atoms with Crippen LogP contribution in [0.25, 0.3) is 0 Å². The molecule has 0 atom stereocenters. The Hall–Kier alpha value is -2.65. The van der Waals surface area contributed by atoms with Crippen LogP contribution in [-0.2, 0) is 16.2 Å². The molecule has 1 heterocycles. The Bertz CT molecular complexity index is 609. The number of carbonyl (C=O) groups is 2. The van der Waals surface area contributed by atoms with E-state index in [-0.39, 0.29) is 33.0 Å². The highest BCUT2D eigenvalue weighted by atomic mass is 19.1. The molecule has 10 heteroatoms. The largest absolute Gasteiger partial charge is 0.449 e. The molecule has 0 spiro atoms. The first-order valence-corrected chi connectivity index (χ1v) is 5.54. The van der Waals surface area contributed by atoms with Gasteiger partial charge in [-0.05, 0) is 0 Å². The van der Waals surface area contributed by atoms with Crippen LogP contribution < -0.4 is 21.9 Å². The van der Waals surface area contributed by atoms with E-state index in [9.17, 15) is 23.6 Å². The van der Waals surface area contributed by atoms with Crippen LogP contribution in [0.15, 0.2) is 15.8 Å². The molecule has 3 N–H and O–H groups in total. The number of nitrogens with one attached hydrogen (secondary N) is 3. The highest BCUT2D eigenvalue weighted by molar-refractivity contribution is 5.76. The summed E-state index contributed by atoms with van der Waals surface area (Å²) in [4.78, 5) is 45.8. The standard InChI is InChI=1S/C10H13FN4O5.CH4/c1-12-7(16)2-3-20-10(19)13-5-15-4-6(11)8(17)14-9(15)18;/h4H,2-3,5H2,1H3,(H,12,16)(H,13,19)(H,14,17,18);1H4. The number of hydrogen-bond donors (Lipinski definition) is 3. The summed E-state index contributed by atoms with van der Waals surface area (Å²) in [7, 11) is 1.44. The van der Waals surface area contributed by atoms with Crippen LogP contribution >= 0.6 is 0 Å². The minimum absolute atomic E-state index is 0. The van der Waals surface area contributed by atoms with Crippen molar-refractivity contribution in [2.75, 3.05) is 13.7 Å². The topological polar surface area (TPSA) is 122 Å². The van der Waals surface area contributed by atoms with Crippen LogP contribution in [0.2, 0.25) is 0 Å². The Morgan fingerprint density at radius 1 is 1.43 bits per heavy atom. The Kier molecular flexibility index (Phi) is 7.43. The van der Waals surface area contributed by atoms with Gasteiger partial charge in [-0.3, -0.25) is 19.1 Å². The van der Waals surface area contributed by atoms with Gasteiger partial charge in [-0.15, -0.1) is 0 Å². The molecule has 0 saturated carbocycles. The third kappa shape index (κ3) is 5.89. The van der Waals surface area contributed by atoms with Crippen LogP contribution in [0.5, 0.6) is 0 Å². The van der Waals surface area contributed by atoms with Crippen LogP contribution in [0, 0.1) is 5.82 Å². The molecule has 0 unspecified atom stereocenters. The SMILES string of the molecule is C.CNC(=O)CCOC(=O)NCn1cc(F)c(=O)[nH]c1=O. The van der Waals surface area contributed by atoms with E-state index < -0.39 is 23.2 Å². The quantitative estimate of drug-likeness (QED) is 0.653. The van der Waals surface area contributed by atoms with Crippen molar-refractivity contribution in [2.45, 2.75) is 20.5 Å². The number of alkyl carbamates (subject to hydrolysis) is 1. The second-order valence-electron chi connectivity index (χ2n) is 3.60. The summed E-state index contributed by atoms with van der Waals surface area (Å²) in [6.07, 6.45) is -0.226. The highest BCUT2D eigenvalue weighted by Gasteiger charge is 2.07. The summed E-state index contributed by atoms with van der Waals surface area (Å²) in [6.45, 7) is -0.522. The van der Waals surface area contributed by atoms with Gasteiger partial charge in [0, 0.05) is 7.05 Å². The van der Waals surface area contributed by atoms with Crippen LogP contribution in [0.3, 0.4) is 0 Å². The zero-order chi connectivity index (χ0) is 15.1. The monoisotopic (exact) mass is 304 g/mol. The summed E-state index contributed by atoms with van der Waals surface area (Å²) < 4.78 is 18.3. The number of carbonyl (C=O) groups excluding carboxylic acids is 2. The lowest BCUT2D eigenvalue weighted by Gasteiger charge is -2.08. The number of aromatic amines is 1. The van der Waals surface area contributed by atoms with Crippen LogP contribution in [-0.4, -0.2) is 35.2 Å². The van der Waals surface area contributed by atoms with Crippen molar-refractivity contribution in [3.63, 3.8) is 0 Å². The second kappa shape index (κ2) is 8.51. The number of ether oxygens (including phenoxy) is 1. The molecule has 9 nitrogen and oxygen atoms in total. The lowest BCUT2D eigenvalue weighted by molar-refractivity contribution is -0.121. The van der Waals surface area contributed by atoms with Gasteiger partial charge in [0.1, 0.15) is 13.3 Å². The number of nitrogens with zero attached hydrogens (tertiary/aromatic N) is 1. The van der Waals surface area contributed by atoms with Crippen molar-refractivity contribution in [1.82, 2.24) is 20.2 Å². The van der Waals surface area contributed by atoms with Gasteiger partial charge in [0.05, 0.1) is 12.6 Å². The average Bonchev–Trinajstić information content (AvgIpc) is 2.41. The van der Waals surface area contributed by atoms with E-state index in [1.54, 1.807) is 4.98 Å². The van der Waals surface area contributed by atoms with Gasteiger partial charge in [-0.25, -0.2) is 9.59 Å². The molecule has 1 aromatic rings. The molecule has 0 aromatic carbocycles. The third-order valence-electron chi connectivity index (χ3n) is 2.20. The minimum Gasteiger partial charge on any atom is -0.449 e. The van der Waals surface area contributed by atoms with E-state index in [2.05, 4.69) is 15.4 Å². The second-order valence-corrected chi connectivity index (χ2v) is 3.60. The highest BCUT2D eigenvalue weighted by Crippen LogP contribution is 1.86. The molecule has 21 heavy (non-hydrogen) atoms. The van der Waals surface area contributed by atoms with Gasteiger partial charge in [0.15, 0.2) is 0 Å². The summed E-state index contributed by atoms with van der Waals surface area (Å²) >= 11 is 0. The summed E-state index contributed by atoms with van der Waals surface area (Å²) in [5, 5.41) is 4.50. The van der Waals surface area contributed by atoms with Crippen molar-refractivity contribution >= 4 is 12.0 Å². The fraction of sp³-hybridized carbons (Fsp3) is 0.455. The maximum absolute atomic E-state index is 12.9. The predicted octanol–water partition coefficient (Wildman–Crippen LogP) is -0.868. The van der Waals surface area contributed by atoms with Crippen molar-refractivity contribution in [2.24, 2.45) is 0 Å². The molecule has 1 aromatic heterocycles. The molecule has 1 rings (SSSR count). The lowest BCUT2D eigenvalue weighted by Crippen LogP contribution is -2.37. The van der Waals surface area contributed by atoms with Gasteiger partial charge in [-0.1, -0.05) is 7.43 Å². The van der Waals surface area contributed by atoms with E-state index >= 15 is 0 Å². The normalized spacial score (nSPS) is 9.43. The van der Waals surface area contributed by atoms with Crippen LogP contribution in [0.4, 0.5) is 9.18 Å². The molecule has 118 valence electrons. The van der Waals surface area contributed by atoms with E-state index in [4.69, 9.17) is 0 Å². The minimum atomic E-state index is -1.15. The molecular weight excluding hydrogens is 287 g/mol. The zero-order valence-electron chi connectivity index (χ0n) is 10.6. The molecule has 0 aliphatic heterocycles. The van der Waals surface area contributed by atoms with Crippen molar-refractivity contribution in [1.29, 1.82) is 0 Å². The fourth-order valence-electron chi connectivity index (χ4n) is 1.16. The van der Waals surface area contributed by atoms with E-state index in [1.165, 1.54) is 7.05 Å². The molecule has 0 aliphatic rings. The number of rotatable bonds is 5. The number of aromatic nitrogens is 2. The molecule has 0 aliphatic carbocycles. The summed E-state index contributed by atoms with van der Waals surface area (Å²) in [6, 6.07) is 0. The van der Waals surface area contributed by atoms with E-state index in [0.29, 0.717) is 6.20 Å². The van der Waals surface area contributed by atoms with Crippen LogP contribution in [0.1, 0.15) is 13.8 Å². The van der Waals surface area contributed by atoms with Crippen molar-refractivity contribution in [3.8, 4) is 0 Å². The van der Waals surface area contributed by atoms with Crippen molar-refractivity contribution in [3.05, 3.63) is 32.9 Å². The predicted molar refractivity (Wildman–Crippen MR) is 71.2 cm³/mol. The van der Waals surface area contributed by atoms with Crippen molar-refractivity contribution < 1.29 is 18.7 Å². The smallest absolute Gasteiger partial charge is 0.408 e. The maximum Gasteiger partial charge on any atom is 0.408 e. The lowest BCUT2D eigenvalue weighted by atomic mass is 10.4. The Morgan fingerprint density at radius 3 is 2.71 bits per heavy atom. The van der Waals surface area contributed by atoms with E-state index in [0.717, 1.165) is 4.57 Å². The Balaban J connectivity index is 0.00000400. The summed E-state index contributed by atoms with van der Waals surface area (Å²) in [5.74, 6) is -1.45. The first-order chi connectivity index (χ1) is 9.43. The first-order valence-electron chi connectivity index (χ1n) is 5.54. The van der Waals surface area contributed by atoms with Gasteiger partial charge in [-0.2, -0.15) is 4.39 Å². The Labute approximate surface area is 119 Å². The van der Waals surface area contributed by atoms with Gasteiger partial charge >= 0.3 is 11.8 Å². The Morgan fingerprint density at radius 2 is 2.10 bits per heavy atom. The van der Waals surface area contributed by atoms with Gasteiger partial charge in [0.25, 0.3) is 5.56 Å². The summed E-state index contributed by atoms with van der Waals surface area (Å²) in [5.41, 5.74) is -2.01. The number of H-pyrrole nitrogens is 1. The molecule has 2 amide bonds. The first kappa shape index (κ1) is 18.4. The third-order valence-corrected chi connectivity index (χ3v) is 2.20. The average molecular weight is 304 g/mol. The fourth-order valence-corrected chi connectivity index (χ4v) is 1.16. The molecule has 0 fully saturated rings. The molecule has 0 bridgehead atoms. The number of halogens is 1. The maximum atomic E-state index is 12.9. The number of amides is 2. The molecule has 0 saturated heterocycles. The van der Waals surface area contributed by atoms with Gasteiger partial charge < -0.3 is 15.4 Å². The molecular formula is C11H17FN4O5. The van der Waals surface area contributed by atoms with E-state index in [1.807, 2.05) is 0 Å². The number of hydrogen-bond acceptors (Lipinski definition) is 5. The zero-order valence-corrected chi connectivity index (χ0v) is 10.6.